The van der Waals surface area contributed by atoms with E-state index < -0.39 is 0 Å². The monoisotopic (exact) mass is 216 g/mol. The van der Waals surface area contributed by atoms with E-state index in [1.54, 1.807) is 19.1 Å². The van der Waals surface area contributed by atoms with Crippen LogP contribution in [0.2, 0.25) is 5.02 Å². The van der Waals surface area contributed by atoms with Crippen LogP contribution in [0, 0.1) is 0 Å². The zero-order valence-electron chi connectivity index (χ0n) is 7.12. The lowest BCUT2D eigenvalue weighted by Gasteiger charge is -1.92. The fraction of sp³-hybridized carbons (Fsp3) is 0.222. The first-order valence-electron chi connectivity index (χ1n) is 3.81. The highest BCUT2D eigenvalue weighted by atomic mass is 35.5. The van der Waals surface area contributed by atoms with Gasteiger partial charge in [0.2, 0.25) is 0 Å². The molecule has 0 saturated heterocycles. The van der Waals surface area contributed by atoms with E-state index in [1.165, 1.54) is 17.4 Å². The van der Waals surface area contributed by atoms with Crippen molar-refractivity contribution in [1.29, 1.82) is 0 Å². The molecule has 0 spiro atoms. The van der Waals surface area contributed by atoms with Crippen LogP contribution >= 0.6 is 22.9 Å². The van der Waals surface area contributed by atoms with Crippen LogP contribution < -0.4 is 0 Å². The lowest BCUT2D eigenvalue weighted by atomic mass is 10.4. The first-order valence-corrected chi connectivity index (χ1v) is 5.07. The summed E-state index contributed by atoms with van der Waals surface area (Å²) in [7, 11) is 0. The lowest BCUT2D eigenvalue weighted by Crippen LogP contribution is -1.98. The second-order valence-corrected chi connectivity index (χ2v) is 3.63. The summed E-state index contributed by atoms with van der Waals surface area (Å²) in [6.07, 6.45) is 3.08. The van der Waals surface area contributed by atoms with Crippen molar-refractivity contribution in [2.75, 3.05) is 6.61 Å². The summed E-state index contributed by atoms with van der Waals surface area (Å²) >= 11 is 7.18. The van der Waals surface area contributed by atoms with Gasteiger partial charge in [-0.2, -0.15) is 0 Å². The topological polar surface area (TPSA) is 26.3 Å². The molecule has 1 aromatic rings. The van der Waals surface area contributed by atoms with E-state index in [0.29, 0.717) is 11.6 Å². The Kier molecular flexibility index (Phi) is 3.99. The van der Waals surface area contributed by atoms with Gasteiger partial charge in [0, 0.05) is 16.3 Å². The molecule has 0 unspecified atom stereocenters. The van der Waals surface area contributed by atoms with E-state index in [0.717, 1.165) is 4.88 Å². The highest BCUT2D eigenvalue weighted by molar-refractivity contribution is 7.11. The normalized spacial score (nSPS) is 10.6. The third-order valence-corrected chi connectivity index (χ3v) is 2.50. The predicted octanol–water partition coefficient (Wildman–Crippen LogP) is 2.98. The Balaban J connectivity index is 2.53. The van der Waals surface area contributed by atoms with E-state index in [4.69, 9.17) is 16.3 Å². The summed E-state index contributed by atoms with van der Waals surface area (Å²) in [6.45, 7) is 2.17. The van der Waals surface area contributed by atoms with Crippen LogP contribution in [0.25, 0.3) is 6.08 Å². The molecular formula is C9H9ClO2S. The summed E-state index contributed by atoms with van der Waals surface area (Å²) < 4.78 is 4.72. The van der Waals surface area contributed by atoms with Crippen LogP contribution in [-0.4, -0.2) is 12.6 Å². The predicted molar refractivity (Wildman–Crippen MR) is 55.0 cm³/mol. The second-order valence-electron chi connectivity index (χ2n) is 2.25. The van der Waals surface area contributed by atoms with Crippen LogP contribution in [0.4, 0.5) is 0 Å². The standard InChI is InChI=1S/C9H9ClO2S/c1-2-12-9(11)4-3-8-5-7(10)6-13-8/h3-6H,2H2,1H3. The van der Waals surface area contributed by atoms with E-state index in [-0.39, 0.29) is 5.97 Å². The molecule has 4 heteroatoms. The average Bonchev–Trinajstić information content (AvgIpc) is 2.49. The van der Waals surface area contributed by atoms with Gasteiger partial charge in [0.25, 0.3) is 0 Å². The maximum Gasteiger partial charge on any atom is 0.330 e. The molecule has 0 aliphatic heterocycles. The van der Waals surface area contributed by atoms with Crippen molar-refractivity contribution in [3.05, 3.63) is 27.4 Å². The smallest absolute Gasteiger partial charge is 0.330 e. The summed E-state index contributed by atoms with van der Waals surface area (Å²) in [5.41, 5.74) is 0. The van der Waals surface area contributed by atoms with Crippen LogP contribution in [-0.2, 0) is 9.53 Å². The molecule has 70 valence electrons. The van der Waals surface area contributed by atoms with Crippen molar-refractivity contribution in [2.24, 2.45) is 0 Å². The van der Waals surface area contributed by atoms with Gasteiger partial charge >= 0.3 is 5.97 Å². The number of esters is 1. The molecule has 0 bridgehead atoms. The number of hydrogen-bond donors (Lipinski definition) is 0. The highest BCUT2D eigenvalue weighted by Gasteiger charge is 1.96. The highest BCUT2D eigenvalue weighted by Crippen LogP contribution is 2.20. The van der Waals surface area contributed by atoms with Crippen molar-refractivity contribution in [2.45, 2.75) is 6.92 Å². The first-order chi connectivity index (χ1) is 6.22. The Hall–Kier alpha value is -0.800. The SMILES string of the molecule is CCOC(=O)C=Cc1cc(Cl)cs1. The molecule has 0 aliphatic carbocycles. The maximum atomic E-state index is 10.9. The number of thiophene rings is 1. The number of halogens is 1. The van der Waals surface area contributed by atoms with Gasteiger partial charge in [0.05, 0.1) is 11.6 Å². The van der Waals surface area contributed by atoms with Crippen LogP contribution in [0.15, 0.2) is 17.5 Å². The summed E-state index contributed by atoms with van der Waals surface area (Å²) in [4.78, 5) is 11.8. The maximum absolute atomic E-state index is 10.9. The fourth-order valence-corrected chi connectivity index (χ4v) is 1.73. The number of carbonyl (C=O) groups is 1. The third-order valence-electron chi connectivity index (χ3n) is 1.26. The number of rotatable bonds is 3. The lowest BCUT2D eigenvalue weighted by molar-refractivity contribution is -0.137. The Bertz CT molecular complexity index is 317. The molecule has 0 radical (unpaired) electrons. The molecule has 0 atom stereocenters. The molecule has 1 aromatic heterocycles. The van der Waals surface area contributed by atoms with E-state index >= 15 is 0 Å². The Morgan fingerprint density at radius 2 is 2.54 bits per heavy atom. The van der Waals surface area contributed by atoms with E-state index in [9.17, 15) is 4.79 Å². The van der Waals surface area contributed by atoms with Crippen molar-refractivity contribution in [3.8, 4) is 0 Å². The average molecular weight is 217 g/mol. The van der Waals surface area contributed by atoms with Gasteiger partial charge in [0.1, 0.15) is 0 Å². The molecule has 13 heavy (non-hydrogen) atoms. The number of carbonyl (C=O) groups excluding carboxylic acids is 1. The van der Waals surface area contributed by atoms with Crippen molar-refractivity contribution < 1.29 is 9.53 Å². The molecule has 0 fully saturated rings. The molecule has 2 nitrogen and oxygen atoms in total. The molecule has 0 aliphatic rings. The summed E-state index contributed by atoms with van der Waals surface area (Å²) in [6, 6.07) is 1.79. The molecule has 1 rings (SSSR count). The van der Waals surface area contributed by atoms with Crippen molar-refractivity contribution in [1.82, 2.24) is 0 Å². The zero-order chi connectivity index (χ0) is 9.68. The molecular weight excluding hydrogens is 208 g/mol. The van der Waals surface area contributed by atoms with Gasteiger partial charge in [-0.15, -0.1) is 11.3 Å². The summed E-state index contributed by atoms with van der Waals surface area (Å²) in [5.74, 6) is -0.327. The minimum Gasteiger partial charge on any atom is -0.463 e. The Morgan fingerprint density at radius 3 is 3.08 bits per heavy atom. The van der Waals surface area contributed by atoms with Gasteiger partial charge < -0.3 is 4.74 Å². The number of hydrogen-bond acceptors (Lipinski definition) is 3. The second kappa shape index (κ2) is 5.04. The molecule has 0 aromatic carbocycles. The fourth-order valence-electron chi connectivity index (χ4n) is 0.756. The largest absolute Gasteiger partial charge is 0.463 e. The Morgan fingerprint density at radius 1 is 1.77 bits per heavy atom. The van der Waals surface area contributed by atoms with Crippen molar-refractivity contribution >= 4 is 35.0 Å². The van der Waals surface area contributed by atoms with Gasteiger partial charge in [-0.25, -0.2) is 4.79 Å². The third kappa shape index (κ3) is 3.61. The first kappa shape index (κ1) is 10.3. The van der Waals surface area contributed by atoms with Gasteiger partial charge in [-0.05, 0) is 19.1 Å². The van der Waals surface area contributed by atoms with Crippen LogP contribution in [0.1, 0.15) is 11.8 Å². The minimum atomic E-state index is -0.327. The minimum absolute atomic E-state index is 0.327. The Labute approximate surface area is 85.8 Å². The van der Waals surface area contributed by atoms with Gasteiger partial charge in [-0.1, -0.05) is 11.6 Å². The van der Waals surface area contributed by atoms with Crippen LogP contribution in [0.5, 0.6) is 0 Å². The van der Waals surface area contributed by atoms with E-state index in [2.05, 4.69) is 0 Å². The van der Waals surface area contributed by atoms with Gasteiger partial charge in [-0.3, -0.25) is 0 Å². The van der Waals surface area contributed by atoms with Gasteiger partial charge in [0.15, 0.2) is 0 Å². The van der Waals surface area contributed by atoms with E-state index in [1.807, 2.05) is 5.38 Å². The quantitative estimate of drug-likeness (QED) is 0.574. The molecule has 0 saturated carbocycles. The van der Waals surface area contributed by atoms with Crippen LogP contribution in [0.3, 0.4) is 0 Å². The zero-order valence-corrected chi connectivity index (χ0v) is 8.69. The van der Waals surface area contributed by atoms with Crippen molar-refractivity contribution in [3.63, 3.8) is 0 Å². The molecule has 0 N–H and O–H groups in total. The summed E-state index contributed by atoms with van der Waals surface area (Å²) in [5, 5.41) is 2.50. The molecule has 0 amide bonds. The number of ether oxygens (including phenoxy) is 1. The molecule has 1 heterocycles.